The van der Waals surface area contributed by atoms with Crippen LogP contribution in [0.4, 0.5) is 0 Å². The smallest absolute Gasteiger partial charge is 0.246 e. The zero-order valence-electron chi connectivity index (χ0n) is 26.1. The lowest BCUT2D eigenvalue weighted by atomic mass is 10.0. The van der Waals surface area contributed by atoms with Crippen LogP contribution in [0.15, 0.2) is 12.2 Å². The van der Waals surface area contributed by atoms with Crippen molar-refractivity contribution in [2.45, 2.75) is 141 Å². The van der Waals surface area contributed by atoms with Crippen LogP contribution >= 0.6 is 0 Å². The molecule has 0 spiro atoms. The summed E-state index contributed by atoms with van der Waals surface area (Å²) in [5, 5.41) is 24.7. The Balaban J connectivity index is 4.58. The molecule has 0 aliphatic heterocycles. The van der Waals surface area contributed by atoms with Gasteiger partial charge >= 0.3 is 0 Å². The van der Waals surface area contributed by atoms with Crippen LogP contribution < -0.4 is 5.32 Å². The molecule has 0 aliphatic carbocycles. The first kappa shape index (κ1) is 36.5. The van der Waals surface area contributed by atoms with E-state index >= 15 is 0 Å². The van der Waals surface area contributed by atoms with Crippen LogP contribution in [0.1, 0.15) is 74.1 Å². The molecule has 0 saturated heterocycles. The first-order valence-corrected chi connectivity index (χ1v) is 20.6. The van der Waals surface area contributed by atoms with Crippen LogP contribution in [0.25, 0.3) is 0 Å². The van der Waals surface area contributed by atoms with E-state index in [0.717, 1.165) is 12.8 Å². The van der Waals surface area contributed by atoms with Gasteiger partial charge in [0.1, 0.15) is 0 Å². The molecule has 220 valence electrons. The third-order valence-corrected chi connectivity index (χ3v) is 20.0. The van der Waals surface area contributed by atoms with Gasteiger partial charge in [-0.25, -0.2) is 0 Å². The van der Waals surface area contributed by atoms with Gasteiger partial charge in [-0.2, -0.15) is 0 Å². The lowest BCUT2D eigenvalue weighted by molar-refractivity contribution is -0.118. The second-order valence-corrected chi connectivity index (χ2v) is 25.9. The van der Waals surface area contributed by atoms with Crippen LogP contribution in [0.5, 0.6) is 0 Å². The number of ether oxygens (including phenoxy) is 2. The summed E-state index contributed by atoms with van der Waals surface area (Å²) in [7, 11) is -2.65. The highest BCUT2D eigenvalue weighted by molar-refractivity contribution is 6.80. The summed E-state index contributed by atoms with van der Waals surface area (Å²) in [6, 6.07) is 1.98. The summed E-state index contributed by atoms with van der Waals surface area (Å²) >= 11 is 0. The molecule has 1 amide bonds. The van der Waals surface area contributed by atoms with Crippen molar-refractivity contribution in [3.8, 4) is 0 Å². The third kappa shape index (κ3) is 15.0. The van der Waals surface area contributed by atoms with E-state index in [1.807, 2.05) is 0 Å². The molecule has 37 heavy (non-hydrogen) atoms. The zero-order chi connectivity index (χ0) is 29.1. The summed E-state index contributed by atoms with van der Waals surface area (Å²) in [6.07, 6.45) is 1.16. The van der Waals surface area contributed by atoms with Gasteiger partial charge in [0.25, 0.3) is 0 Å². The largest absolute Gasteiger partial charge is 0.391 e. The molecule has 0 rings (SSSR count). The first-order chi connectivity index (χ1) is 16.7. The second-order valence-electron chi connectivity index (χ2n) is 14.4. The normalized spacial score (nSPS) is 15.8. The minimum absolute atomic E-state index is 0.219. The molecule has 3 N–H and O–H groups in total. The predicted molar refractivity (Wildman–Crippen MR) is 163 cm³/mol. The molecule has 6 nitrogen and oxygen atoms in total. The molecule has 2 unspecified atom stereocenters. The number of hydrogen-bond donors (Lipinski definition) is 3. The van der Waals surface area contributed by atoms with E-state index in [-0.39, 0.29) is 25.2 Å². The molecule has 0 fully saturated rings. The minimum atomic E-state index is -1.33. The average Bonchev–Trinajstić information content (AvgIpc) is 2.71. The summed E-state index contributed by atoms with van der Waals surface area (Å²) in [5.74, 6) is -0.269. The average molecular weight is 560 g/mol. The van der Waals surface area contributed by atoms with Crippen molar-refractivity contribution in [1.82, 2.24) is 5.32 Å². The number of amides is 1. The second kappa shape index (κ2) is 15.9. The van der Waals surface area contributed by atoms with Gasteiger partial charge in [-0.1, -0.05) is 86.4 Å². The fourth-order valence-corrected chi connectivity index (χ4v) is 7.29. The maximum atomic E-state index is 12.2. The maximum absolute atomic E-state index is 12.2. The molecule has 0 aromatic heterocycles. The monoisotopic (exact) mass is 559 g/mol. The molecule has 0 saturated carbocycles. The minimum Gasteiger partial charge on any atom is -0.391 e. The third-order valence-electron chi connectivity index (χ3n) is 8.70. The van der Waals surface area contributed by atoms with E-state index < -0.39 is 28.4 Å². The van der Waals surface area contributed by atoms with Crippen molar-refractivity contribution in [2.24, 2.45) is 0 Å². The summed E-state index contributed by atoms with van der Waals surface area (Å²) in [5.41, 5.74) is 0.401. The van der Waals surface area contributed by atoms with Gasteiger partial charge in [0.15, 0.2) is 0 Å². The molecule has 0 bridgehead atoms. The van der Waals surface area contributed by atoms with Crippen molar-refractivity contribution in [2.75, 3.05) is 26.4 Å². The summed E-state index contributed by atoms with van der Waals surface area (Å²) < 4.78 is 11.5. The Hall–Kier alpha value is -0.516. The number of aliphatic hydroxyl groups excluding tert-OH is 2. The lowest BCUT2D eigenvalue weighted by Gasteiger charge is -2.37. The van der Waals surface area contributed by atoms with Crippen molar-refractivity contribution in [3.63, 3.8) is 0 Å². The topological polar surface area (TPSA) is 88.0 Å². The lowest BCUT2D eigenvalue weighted by Crippen LogP contribution is -2.41. The van der Waals surface area contributed by atoms with E-state index in [1.54, 1.807) is 6.92 Å². The predicted octanol–water partition coefficient (Wildman–Crippen LogP) is 6.38. The number of rotatable bonds is 18. The molecule has 0 heterocycles. The Labute approximate surface area is 231 Å². The number of carbonyl (C=O) groups is 1. The Morgan fingerprint density at radius 2 is 1.16 bits per heavy atom. The Kier molecular flexibility index (Phi) is 15.7. The van der Waals surface area contributed by atoms with Crippen molar-refractivity contribution < 1.29 is 24.5 Å². The van der Waals surface area contributed by atoms with Crippen LogP contribution in [0.2, 0.25) is 48.4 Å². The molecule has 2 atom stereocenters. The van der Waals surface area contributed by atoms with Crippen LogP contribution in [0.3, 0.4) is 0 Å². The molecule has 0 radical (unpaired) electrons. The SMILES string of the molecule is C=C(C)C(=O)NC(CC(O)COCCC[Si](C)(C)C(C)(C)C)CC(O)COCCC[Si](C)(C)C(C)(C)C. The van der Waals surface area contributed by atoms with E-state index in [2.05, 4.69) is 79.6 Å². The van der Waals surface area contributed by atoms with E-state index in [0.29, 0.717) is 41.7 Å². The number of carbonyl (C=O) groups excluding carboxylic acids is 1. The summed E-state index contributed by atoms with van der Waals surface area (Å²) in [6.45, 7) is 30.6. The van der Waals surface area contributed by atoms with Crippen LogP contribution in [-0.2, 0) is 14.3 Å². The van der Waals surface area contributed by atoms with Gasteiger partial charge in [0, 0.05) is 24.8 Å². The Morgan fingerprint density at radius 1 is 0.811 bits per heavy atom. The number of aliphatic hydroxyl groups is 2. The maximum Gasteiger partial charge on any atom is 0.246 e. The molecule has 0 aliphatic rings. The van der Waals surface area contributed by atoms with Crippen molar-refractivity contribution in [3.05, 3.63) is 12.2 Å². The quantitative estimate of drug-likeness (QED) is 0.103. The van der Waals surface area contributed by atoms with E-state index in [4.69, 9.17) is 9.47 Å². The first-order valence-electron chi connectivity index (χ1n) is 14.2. The van der Waals surface area contributed by atoms with Crippen molar-refractivity contribution >= 4 is 22.1 Å². The summed E-state index contributed by atoms with van der Waals surface area (Å²) in [4.78, 5) is 12.2. The standard InChI is InChI=1S/C29H61NO5Si2/c1-23(2)27(33)30-24(19-25(31)21-34-15-13-17-36(9,10)28(3,4)5)20-26(32)22-35-16-14-18-37(11,12)29(6,7)8/h24-26,31-32H,1,13-22H2,2-12H3,(H,30,33). The van der Waals surface area contributed by atoms with E-state index in [9.17, 15) is 15.0 Å². The number of nitrogens with one attached hydrogen (secondary N) is 1. The van der Waals surface area contributed by atoms with E-state index in [1.165, 1.54) is 12.1 Å². The van der Waals surface area contributed by atoms with Gasteiger partial charge in [-0.05, 0) is 42.7 Å². The Bertz CT molecular complexity index is 639. The molecule has 0 aromatic rings. The van der Waals surface area contributed by atoms with Gasteiger partial charge in [-0.15, -0.1) is 0 Å². The van der Waals surface area contributed by atoms with Gasteiger partial charge in [0.05, 0.1) is 41.6 Å². The molecule has 0 aromatic carbocycles. The molecular formula is C29H61NO5Si2. The van der Waals surface area contributed by atoms with Crippen LogP contribution in [0, 0.1) is 0 Å². The highest BCUT2D eigenvalue weighted by Crippen LogP contribution is 2.40. The van der Waals surface area contributed by atoms with Gasteiger partial charge in [-0.3, -0.25) is 4.79 Å². The molecular weight excluding hydrogens is 498 g/mol. The highest BCUT2D eigenvalue weighted by atomic mass is 28.3. The Morgan fingerprint density at radius 3 is 1.46 bits per heavy atom. The van der Waals surface area contributed by atoms with Gasteiger partial charge in [0.2, 0.25) is 5.91 Å². The molecule has 8 heteroatoms. The van der Waals surface area contributed by atoms with Crippen LogP contribution in [-0.4, -0.2) is 76.9 Å². The fraction of sp³-hybridized carbons (Fsp3) is 0.897. The zero-order valence-corrected chi connectivity index (χ0v) is 28.1. The van der Waals surface area contributed by atoms with Gasteiger partial charge < -0.3 is 25.0 Å². The number of hydrogen-bond acceptors (Lipinski definition) is 5. The fourth-order valence-electron chi connectivity index (χ4n) is 3.74. The highest BCUT2D eigenvalue weighted by Gasteiger charge is 2.35. The van der Waals surface area contributed by atoms with Crippen molar-refractivity contribution in [1.29, 1.82) is 0 Å².